The number of likely N-dealkylation sites (N-methyl/N-ethyl adjacent to an activating group) is 1. The summed E-state index contributed by atoms with van der Waals surface area (Å²) in [4.78, 5) is 9.17. The molecule has 0 N–H and O–H groups in total. The van der Waals surface area contributed by atoms with E-state index in [4.69, 9.17) is 0 Å². The minimum absolute atomic E-state index is 0.300. The molecule has 2 saturated heterocycles. The van der Waals surface area contributed by atoms with Crippen molar-refractivity contribution in [3.63, 3.8) is 0 Å². The van der Waals surface area contributed by atoms with Gasteiger partial charge in [-0.2, -0.15) is 4.31 Å². The summed E-state index contributed by atoms with van der Waals surface area (Å²) >= 11 is 0. The van der Waals surface area contributed by atoms with Gasteiger partial charge in [-0.25, -0.2) is 13.4 Å². The molecule has 0 bridgehead atoms. The van der Waals surface area contributed by atoms with E-state index in [9.17, 15) is 8.42 Å². The lowest BCUT2D eigenvalue weighted by Crippen LogP contribution is -2.47. The van der Waals surface area contributed by atoms with Crippen LogP contribution in [0.4, 0.5) is 5.82 Å². The van der Waals surface area contributed by atoms with Crippen LogP contribution in [-0.4, -0.2) is 68.9 Å². The summed E-state index contributed by atoms with van der Waals surface area (Å²) in [6, 6.07) is 3.56. The molecule has 2 fully saturated rings. The normalized spacial score (nSPS) is 27.4. The zero-order valence-electron chi connectivity index (χ0n) is 14.9. The molecule has 1 aromatic rings. The molecule has 0 aromatic carbocycles. The molecule has 2 aliphatic rings. The minimum atomic E-state index is -3.43. The number of hydrogen-bond acceptors (Lipinski definition) is 5. The Morgan fingerprint density at radius 3 is 2.21 bits per heavy atom. The highest BCUT2D eigenvalue weighted by molar-refractivity contribution is 7.89. The van der Waals surface area contributed by atoms with E-state index < -0.39 is 10.0 Å². The highest BCUT2D eigenvalue weighted by Crippen LogP contribution is 2.26. The van der Waals surface area contributed by atoms with Crippen LogP contribution in [0.1, 0.15) is 20.3 Å². The molecule has 3 heterocycles. The summed E-state index contributed by atoms with van der Waals surface area (Å²) in [5.41, 5.74) is 0. The third-order valence-corrected chi connectivity index (χ3v) is 6.90. The van der Waals surface area contributed by atoms with Gasteiger partial charge in [0.1, 0.15) is 10.7 Å². The lowest BCUT2D eigenvalue weighted by molar-refractivity contribution is 0.222. The smallest absolute Gasteiger partial charge is 0.244 e. The van der Waals surface area contributed by atoms with Gasteiger partial charge in [0.05, 0.1) is 0 Å². The number of sulfonamides is 1. The summed E-state index contributed by atoms with van der Waals surface area (Å²) in [5, 5.41) is 0. The monoisotopic (exact) mass is 352 g/mol. The highest BCUT2D eigenvalue weighted by Gasteiger charge is 2.28. The Morgan fingerprint density at radius 2 is 1.67 bits per heavy atom. The van der Waals surface area contributed by atoms with Crippen molar-refractivity contribution in [1.82, 2.24) is 14.2 Å². The second-order valence-electron chi connectivity index (χ2n) is 7.41. The first-order valence-corrected chi connectivity index (χ1v) is 10.2. The van der Waals surface area contributed by atoms with Crippen LogP contribution in [-0.2, 0) is 10.0 Å². The van der Waals surface area contributed by atoms with E-state index in [0.717, 1.165) is 32.0 Å². The van der Waals surface area contributed by atoms with Gasteiger partial charge in [-0.05, 0) is 37.4 Å². The number of piperazine rings is 1. The molecular weight excluding hydrogens is 324 g/mol. The predicted octanol–water partition coefficient (Wildman–Crippen LogP) is 1.50. The van der Waals surface area contributed by atoms with E-state index in [1.807, 2.05) is 13.1 Å². The molecule has 2 atom stereocenters. The summed E-state index contributed by atoms with van der Waals surface area (Å²) in [6.45, 7) is 9.12. The van der Waals surface area contributed by atoms with Crippen LogP contribution in [0.3, 0.4) is 0 Å². The van der Waals surface area contributed by atoms with E-state index in [0.29, 0.717) is 29.8 Å². The number of piperidine rings is 1. The number of hydrogen-bond donors (Lipinski definition) is 0. The third-order valence-electron chi connectivity index (χ3n) is 5.01. The number of aromatic nitrogens is 1. The molecular formula is C17H28N4O2S. The van der Waals surface area contributed by atoms with Crippen molar-refractivity contribution in [3.05, 3.63) is 18.3 Å². The van der Waals surface area contributed by atoms with Gasteiger partial charge in [0, 0.05) is 45.5 Å². The first kappa shape index (κ1) is 17.6. The quantitative estimate of drug-likeness (QED) is 0.825. The Labute approximate surface area is 145 Å². The van der Waals surface area contributed by atoms with E-state index in [2.05, 4.69) is 28.6 Å². The van der Waals surface area contributed by atoms with Gasteiger partial charge in [0.2, 0.25) is 10.0 Å². The average molecular weight is 353 g/mol. The average Bonchev–Trinajstić information content (AvgIpc) is 2.54. The van der Waals surface area contributed by atoms with E-state index in [1.165, 1.54) is 12.6 Å². The molecule has 0 radical (unpaired) electrons. The molecule has 6 nitrogen and oxygen atoms in total. The van der Waals surface area contributed by atoms with E-state index in [1.54, 1.807) is 10.4 Å². The van der Waals surface area contributed by atoms with Crippen LogP contribution in [0, 0.1) is 11.8 Å². The Morgan fingerprint density at radius 1 is 1.04 bits per heavy atom. The minimum Gasteiger partial charge on any atom is -0.356 e. The van der Waals surface area contributed by atoms with Gasteiger partial charge in [-0.3, -0.25) is 0 Å². The number of nitrogens with zero attached hydrogens (tertiary/aromatic N) is 4. The maximum absolute atomic E-state index is 12.7. The van der Waals surface area contributed by atoms with Crippen LogP contribution >= 0.6 is 0 Å². The molecule has 0 unspecified atom stereocenters. The van der Waals surface area contributed by atoms with Crippen LogP contribution < -0.4 is 4.90 Å². The molecule has 3 rings (SSSR count). The van der Waals surface area contributed by atoms with Crippen molar-refractivity contribution < 1.29 is 8.42 Å². The summed E-state index contributed by atoms with van der Waals surface area (Å²) in [5.74, 6) is 2.17. The second kappa shape index (κ2) is 6.98. The molecule has 2 aliphatic heterocycles. The SMILES string of the molecule is C[C@H]1C[C@H](C)CN(c2ccc(S(=O)(=O)N3CCN(C)CC3)cn2)C1. The van der Waals surface area contributed by atoms with Gasteiger partial charge in [-0.1, -0.05) is 13.8 Å². The van der Waals surface area contributed by atoms with E-state index in [-0.39, 0.29) is 0 Å². The standard InChI is InChI=1S/C17H28N4O2S/c1-14-10-15(2)13-20(12-14)17-5-4-16(11-18-17)24(22,23)21-8-6-19(3)7-9-21/h4-5,11,14-15H,6-10,12-13H2,1-3H3/t14-,15-/m0/s1. The maximum atomic E-state index is 12.7. The molecule has 134 valence electrons. The Bertz CT molecular complexity index is 644. The van der Waals surface area contributed by atoms with Gasteiger partial charge in [0.25, 0.3) is 0 Å². The van der Waals surface area contributed by atoms with Crippen LogP contribution in [0.5, 0.6) is 0 Å². The number of rotatable bonds is 3. The first-order valence-electron chi connectivity index (χ1n) is 8.76. The van der Waals surface area contributed by atoms with Gasteiger partial charge >= 0.3 is 0 Å². The zero-order valence-corrected chi connectivity index (χ0v) is 15.7. The van der Waals surface area contributed by atoms with Gasteiger partial charge < -0.3 is 9.80 Å². The summed E-state index contributed by atoms with van der Waals surface area (Å²) in [6.07, 6.45) is 2.76. The zero-order chi connectivity index (χ0) is 17.3. The van der Waals surface area contributed by atoms with Crippen molar-refractivity contribution in [2.24, 2.45) is 11.8 Å². The summed E-state index contributed by atoms with van der Waals surface area (Å²) in [7, 11) is -1.41. The Hall–Kier alpha value is -1.18. The maximum Gasteiger partial charge on any atom is 0.244 e. The molecule has 24 heavy (non-hydrogen) atoms. The lowest BCUT2D eigenvalue weighted by atomic mass is 9.92. The van der Waals surface area contributed by atoms with Crippen molar-refractivity contribution in [2.75, 3.05) is 51.2 Å². The highest BCUT2D eigenvalue weighted by atomic mass is 32.2. The number of pyridine rings is 1. The predicted molar refractivity (Wildman–Crippen MR) is 95.7 cm³/mol. The van der Waals surface area contributed by atoms with E-state index >= 15 is 0 Å². The molecule has 1 aromatic heterocycles. The summed E-state index contributed by atoms with van der Waals surface area (Å²) < 4.78 is 27.0. The van der Waals surface area contributed by atoms with Crippen molar-refractivity contribution >= 4 is 15.8 Å². The molecule has 0 amide bonds. The van der Waals surface area contributed by atoms with Crippen molar-refractivity contribution in [1.29, 1.82) is 0 Å². The Balaban J connectivity index is 1.74. The van der Waals surface area contributed by atoms with Gasteiger partial charge in [-0.15, -0.1) is 0 Å². The molecule has 7 heteroatoms. The van der Waals surface area contributed by atoms with Gasteiger partial charge in [0.15, 0.2) is 0 Å². The van der Waals surface area contributed by atoms with Crippen molar-refractivity contribution in [3.8, 4) is 0 Å². The largest absolute Gasteiger partial charge is 0.356 e. The topological polar surface area (TPSA) is 56.8 Å². The first-order chi connectivity index (χ1) is 11.4. The van der Waals surface area contributed by atoms with Crippen LogP contribution in [0.25, 0.3) is 0 Å². The molecule has 0 saturated carbocycles. The van der Waals surface area contributed by atoms with Crippen molar-refractivity contribution in [2.45, 2.75) is 25.2 Å². The lowest BCUT2D eigenvalue weighted by Gasteiger charge is -2.36. The Kier molecular flexibility index (Phi) is 5.13. The fraction of sp³-hybridized carbons (Fsp3) is 0.706. The number of anilines is 1. The fourth-order valence-electron chi connectivity index (χ4n) is 3.74. The van der Waals surface area contributed by atoms with Crippen LogP contribution in [0.15, 0.2) is 23.2 Å². The molecule has 0 spiro atoms. The second-order valence-corrected chi connectivity index (χ2v) is 9.35. The molecule has 0 aliphatic carbocycles. The third kappa shape index (κ3) is 3.73. The fourth-order valence-corrected chi connectivity index (χ4v) is 5.11. The van der Waals surface area contributed by atoms with Crippen LogP contribution in [0.2, 0.25) is 0 Å².